The molecule has 1 aliphatic heterocycles. The van der Waals surface area contributed by atoms with Gasteiger partial charge in [0.05, 0.1) is 17.1 Å². The number of nitrogens with zero attached hydrogens (tertiary/aromatic N) is 4. The van der Waals surface area contributed by atoms with E-state index in [0.29, 0.717) is 16.7 Å². The van der Waals surface area contributed by atoms with Crippen molar-refractivity contribution in [1.29, 1.82) is 0 Å². The Kier molecular flexibility index (Phi) is 5.36. The molecule has 174 valence electrons. The summed E-state index contributed by atoms with van der Waals surface area (Å²) in [6.45, 7) is 10.4. The number of aromatic nitrogens is 3. The normalized spacial score (nSPS) is 13.4. The SMILES string of the molecule is Cc1cc(C=Nn2c(C(C)(C)C)nc3ccc(Br)cc3c2=O)c(C)n1-c1ccc2c(c1)OCO2. The first kappa shape index (κ1) is 22.4. The highest BCUT2D eigenvalue weighted by Gasteiger charge is 2.23. The molecule has 0 radical (unpaired) electrons. The summed E-state index contributed by atoms with van der Waals surface area (Å²) in [7, 11) is 0. The lowest BCUT2D eigenvalue weighted by Gasteiger charge is -2.20. The van der Waals surface area contributed by atoms with Gasteiger partial charge in [-0.3, -0.25) is 4.79 Å². The number of ether oxygens (including phenoxy) is 2. The fourth-order valence-corrected chi connectivity index (χ4v) is 4.56. The van der Waals surface area contributed by atoms with Crippen LogP contribution in [0.1, 0.15) is 43.5 Å². The van der Waals surface area contributed by atoms with Crippen LogP contribution in [0.5, 0.6) is 11.5 Å². The van der Waals surface area contributed by atoms with Crippen LogP contribution < -0.4 is 15.0 Å². The quantitative estimate of drug-likeness (QED) is 0.335. The predicted octanol–water partition coefficient (Wildman–Crippen LogP) is 5.47. The fraction of sp³-hybridized carbons (Fsp3) is 0.269. The molecule has 2 aromatic carbocycles. The van der Waals surface area contributed by atoms with Crippen molar-refractivity contribution in [3.05, 3.63) is 80.1 Å². The third kappa shape index (κ3) is 3.81. The maximum absolute atomic E-state index is 13.4. The topological polar surface area (TPSA) is 70.6 Å². The van der Waals surface area contributed by atoms with Gasteiger partial charge in [0.1, 0.15) is 5.82 Å². The van der Waals surface area contributed by atoms with Crippen LogP contribution in [-0.4, -0.2) is 27.2 Å². The van der Waals surface area contributed by atoms with E-state index in [0.717, 1.165) is 38.6 Å². The van der Waals surface area contributed by atoms with Gasteiger partial charge in [-0.1, -0.05) is 36.7 Å². The van der Waals surface area contributed by atoms with Crippen molar-refractivity contribution in [2.75, 3.05) is 6.79 Å². The van der Waals surface area contributed by atoms with E-state index in [4.69, 9.17) is 14.5 Å². The molecule has 0 aliphatic carbocycles. The standard InChI is InChI=1S/C26H25BrN4O3/c1-15-10-17(16(2)30(15)19-7-9-22-23(12-19)34-14-33-22)13-28-31-24(32)20-11-18(27)6-8-21(20)29-25(31)26(3,4)5/h6-13H,14H2,1-5H3. The molecule has 0 bridgehead atoms. The van der Waals surface area contributed by atoms with Crippen LogP contribution in [0.3, 0.4) is 0 Å². The van der Waals surface area contributed by atoms with Gasteiger partial charge < -0.3 is 14.0 Å². The van der Waals surface area contributed by atoms with Crippen molar-refractivity contribution in [1.82, 2.24) is 14.2 Å². The monoisotopic (exact) mass is 520 g/mol. The molecule has 0 fully saturated rings. The van der Waals surface area contributed by atoms with Crippen LogP contribution in [0.4, 0.5) is 0 Å². The first-order valence-electron chi connectivity index (χ1n) is 11.0. The second-order valence-electron chi connectivity index (χ2n) is 9.41. The summed E-state index contributed by atoms with van der Waals surface area (Å²) in [5.74, 6) is 2.08. The van der Waals surface area contributed by atoms with Gasteiger partial charge in [0.15, 0.2) is 11.5 Å². The highest BCUT2D eigenvalue weighted by Crippen LogP contribution is 2.34. The lowest BCUT2D eigenvalue weighted by molar-refractivity contribution is 0.174. The van der Waals surface area contributed by atoms with Crippen LogP contribution in [0, 0.1) is 13.8 Å². The molecule has 3 heterocycles. The average molecular weight is 521 g/mol. The van der Waals surface area contributed by atoms with Gasteiger partial charge in [-0.25, -0.2) is 4.98 Å². The van der Waals surface area contributed by atoms with Gasteiger partial charge in [-0.05, 0) is 50.2 Å². The summed E-state index contributed by atoms with van der Waals surface area (Å²) < 4.78 is 15.4. The van der Waals surface area contributed by atoms with Crippen molar-refractivity contribution < 1.29 is 9.47 Å². The summed E-state index contributed by atoms with van der Waals surface area (Å²) in [6.07, 6.45) is 1.73. The number of hydrogen-bond acceptors (Lipinski definition) is 5. The molecule has 0 atom stereocenters. The van der Waals surface area contributed by atoms with Crippen LogP contribution in [-0.2, 0) is 5.41 Å². The van der Waals surface area contributed by atoms with E-state index in [9.17, 15) is 4.79 Å². The molecule has 0 amide bonds. The maximum Gasteiger partial charge on any atom is 0.282 e. The van der Waals surface area contributed by atoms with Crippen molar-refractivity contribution in [3.63, 3.8) is 0 Å². The fourth-order valence-electron chi connectivity index (χ4n) is 4.20. The van der Waals surface area contributed by atoms with Crippen molar-refractivity contribution >= 4 is 33.0 Å². The summed E-state index contributed by atoms with van der Waals surface area (Å²) >= 11 is 3.45. The Labute approximate surface area is 205 Å². The molecule has 1 aliphatic rings. The van der Waals surface area contributed by atoms with Gasteiger partial charge in [-0.2, -0.15) is 9.78 Å². The van der Waals surface area contributed by atoms with Crippen LogP contribution >= 0.6 is 15.9 Å². The number of fused-ring (bicyclic) bond motifs is 2. The second kappa shape index (κ2) is 8.13. The zero-order chi connectivity index (χ0) is 24.2. The number of benzene rings is 2. The van der Waals surface area contributed by atoms with Gasteiger partial charge in [0.25, 0.3) is 5.56 Å². The molecule has 4 aromatic rings. The lowest BCUT2D eigenvalue weighted by atomic mass is 9.95. The Hall–Kier alpha value is -3.39. The predicted molar refractivity (Wildman–Crippen MR) is 137 cm³/mol. The van der Waals surface area contributed by atoms with Crippen LogP contribution in [0.2, 0.25) is 0 Å². The largest absolute Gasteiger partial charge is 0.454 e. The van der Waals surface area contributed by atoms with Crippen LogP contribution in [0.25, 0.3) is 16.6 Å². The summed E-state index contributed by atoms with van der Waals surface area (Å²) in [6, 6.07) is 13.5. The Morgan fingerprint density at radius 2 is 1.82 bits per heavy atom. The van der Waals surface area contributed by atoms with Crippen molar-refractivity contribution in [2.24, 2.45) is 5.10 Å². The van der Waals surface area contributed by atoms with Gasteiger partial charge in [0, 0.05) is 38.6 Å². The Morgan fingerprint density at radius 3 is 2.59 bits per heavy atom. The van der Waals surface area contributed by atoms with E-state index in [-0.39, 0.29) is 17.8 Å². The van der Waals surface area contributed by atoms with E-state index < -0.39 is 0 Å². The molecule has 0 saturated heterocycles. The maximum atomic E-state index is 13.4. The molecule has 5 rings (SSSR count). The number of aryl methyl sites for hydroxylation is 1. The van der Waals surface area contributed by atoms with E-state index in [1.807, 2.05) is 65.0 Å². The third-order valence-corrected chi connectivity index (χ3v) is 6.37. The molecule has 0 saturated carbocycles. The molecule has 8 heteroatoms. The van der Waals surface area contributed by atoms with E-state index in [1.165, 1.54) is 4.68 Å². The molecule has 0 unspecified atom stereocenters. The molecular weight excluding hydrogens is 496 g/mol. The molecule has 0 N–H and O–H groups in total. The minimum Gasteiger partial charge on any atom is -0.454 e. The van der Waals surface area contributed by atoms with E-state index in [1.54, 1.807) is 12.3 Å². The third-order valence-electron chi connectivity index (χ3n) is 5.88. The first-order chi connectivity index (χ1) is 16.1. The van der Waals surface area contributed by atoms with Gasteiger partial charge >= 0.3 is 0 Å². The Balaban J connectivity index is 1.61. The highest BCUT2D eigenvalue weighted by atomic mass is 79.9. The minimum atomic E-state index is -0.374. The molecular formula is C26H25BrN4O3. The number of hydrogen-bond donors (Lipinski definition) is 0. The van der Waals surface area contributed by atoms with E-state index in [2.05, 4.69) is 31.7 Å². The summed E-state index contributed by atoms with van der Waals surface area (Å²) in [5.41, 5.74) is 4.02. The molecule has 2 aromatic heterocycles. The summed E-state index contributed by atoms with van der Waals surface area (Å²) in [5, 5.41) is 5.15. The van der Waals surface area contributed by atoms with Crippen LogP contribution in [0.15, 0.2) is 56.8 Å². The highest BCUT2D eigenvalue weighted by molar-refractivity contribution is 9.10. The minimum absolute atomic E-state index is 0.197. The van der Waals surface area contributed by atoms with Crippen molar-refractivity contribution in [3.8, 4) is 17.2 Å². The average Bonchev–Trinajstić information content (AvgIpc) is 3.35. The number of halogens is 1. The second-order valence-corrected chi connectivity index (χ2v) is 10.3. The molecule has 0 spiro atoms. The molecule has 7 nitrogen and oxygen atoms in total. The Morgan fingerprint density at radius 1 is 1.06 bits per heavy atom. The first-order valence-corrected chi connectivity index (χ1v) is 11.8. The Bertz CT molecular complexity index is 1530. The zero-order valence-corrected chi connectivity index (χ0v) is 21.3. The molecule has 34 heavy (non-hydrogen) atoms. The van der Waals surface area contributed by atoms with Crippen molar-refractivity contribution in [2.45, 2.75) is 40.0 Å². The smallest absolute Gasteiger partial charge is 0.282 e. The van der Waals surface area contributed by atoms with Gasteiger partial charge in [0.2, 0.25) is 6.79 Å². The number of rotatable bonds is 3. The zero-order valence-electron chi connectivity index (χ0n) is 19.7. The lowest BCUT2D eigenvalue weighted by Crippen LogP contribution is -2.29. The van der Waals surface area contributed by atoms with Gasteiger partial charge in [-0.15, -0.1) is 0 Å². The van der Waals surface area contributed by atoms with E-state index >= 15 is 0 Å². The summed E-state index contributed by atoms with van der Waals surface area (Å²) in [4.78, 5) is 18.2.